The van der Waals surface area contributed by atoms with Crippen LogP contribution in [0.15, 0.2) is 94.7 Å². The predicted molar refractivity (Wildman–Crippen MR) is 166 cm³/mol. The lowest BCUT2D eigenvalue weighted by molar-refractivity contribution is -0.148. The van der Waals surface area contributed by atoms with E-state index in [1.807, 2.05) is 0 Å². The number of rotatable bonds is 9. The van der Waals surface area contributed by atoms with Crippen molar-refractivity contribution >= 4 is 38.3 Å². The maximum Gasteiger partial charge on any atom is 0.392 e. The zero-order valence-corrected chi connectivity index (χ0v) is 26.0. The predicted octanol–water partition coefficient (Wildman–Crippen LogP) is 6.51. The summed E-state index contributed by atoms with van der Waals surface area (Å²) in [6.45, 7) is -0.0548. The third-order valence-corrected chi connectivity index (χ3v) is 9.98. The molecule has 1 saturated carbocycles. The molecule has 1 aliphatic rings. The van der Waals surface area contributed by atoms with Gasteiger partial charge in [0, 0.05) is 22.7 Å². The molecular formula is C32H26ClF3N4O5S. The Morgan fingerprint density at radius 2 is 1.76 bits per heavy atom. The Morgan fingerprint density at radius 3 is 2.39 bits per heavy atom. The molecule has 9 nitrogen and oxygen atoms in total. The molecule has 0 N–H and O–H groups in total. The largest absolute Gasteiger partial charge is 0.497 e. The number of nitrogens with zero attached hydrogens (tertiary/aromatic N) is 4. The Labute approximate surface area is 266 Å². The minimum absolute atomic E-state index is 0.0548. The second-order valence-electron chi connectivity index (χ2n) is 10.7. The van der Waals surface area contributed by atoms with Crippen molar-refractivity contribution in [2.24, 2.45) is 5.92 Å². The van der Waals surface area contributed by atoms with E-state index in [0.29, 0.717) is 22.2 Å². The maximum atomic E-state index is 14.1. The molecule has 238 valence electrons. The molecule has 1 fully saturated rings. The SMILES string of the molecule is COc1ccc(CN(c2cccnn2)S(=O)(=O)c2ccc3c(ccc(=O)n3-c3cc(Cl)c([C@H]4CC4C(F)(F)F)cc3OC)c2)cc1. The Hall–Kier alpha value is -4.62. The molecule has 1 unspecified atom stereocenters. The van der Waals surface area contributed by atoms with E-state index >= 15 is 0 Å². The number of hydrogen-bond donors (Lipinski definition) is 0. The van der Waals surface area contributed by atoms with E-state index in [2.05, 4.69) is 10.2 Å². The summed E-state index contributed by atoms with van der Waals surface area (Å²) < 4.78 is 81.2. The van der Waals surface area contributed by atoms with Crippen LogP contribution in [0.2, 0.25) is 5.02 Å². The molecule has 0 aliphatic heterocycles. The first-order valence-corrected chi connectivity index (χ1v) is 15.8. The van der Waals surface area contributed by atoms with Gasteiger partial charge in [0.1, 0.15) is 11.5 Å². The lowest BCUT2D eigenvalue weighted by Gasteiger charge is -2.23. The van der Waals surface area contributed by atoms with Gasteiger partial charge in [-0.3, -0.25) is 9.36 Å². The van der Waals surface area contributed by atoms with Crippen LogP contribution in [-0.4, -0.2) is 43.6 Å². The Balaban J connectivity index is 1.42. The Kier molecular flexibility index (Phi) is 8.15. The highest BCUT2D eigenvalue weighted by Crippen LogP contribution is 2.58. The van der Waals surface area contributed by atoms with Gasteiger partial charge >= 0.3 is 6.18 Å². The van der Waals surface area contributed by atoms with Crippen molar-refractivity contribution < 1.29 is 31.1 Å². The fraction of sp³-hybridized carbons (Fsp3) is 0.219. The van der Waals surface area contributed by atoms with E-state index in [0.717, 1.165) is 4.31 Å². The molecular weight excluding hydrogens is 645 g/mol. The van der Waals surface area contributed by atoms with Crippen LogP contribution < -0.4 is 19.3 Å². The lowest BCUT2D eigenvalue weighted by Crippen LogP contribution is -2.31. The monoisotopic (exact) mass is 670 g/mol. The summed E-state index contributed by atoms with van der Waals surface area (Å²) in [6, 6.07) is 19.9. The van der Waals surface area contributed by atoms with Crippen molar-refractivity contribution in [2.45, 2.75) is 30.0 Å². The highest BCUT2D eigenvalue weighted by Gasteiger charge is 2.56. The van der Waals surface area contributed by atoms with Crippen molar-refractivity contribution in [3.63, 3.8) is 0 Å². The summed E-state index contributed by atoms with van der Waals surface area (Å²) in [4.78, 5) is 13.1. The van der Waals surface area contributed by atoms with E-state index in [1.165, 1.54) is 73.5 Å². The van der Waals surface area contributed by atoms with Crippen LogP contribution in [0.4, 0.5) is 19.0 Å². The van der Waals surface area contributed by atoms with Crippen molar-refractivity contribution in [3.8, 4) is 17.2 Å². The molecule has 2 atom stereocenters. The number of halogens is 4. The van der Waals surface area contributed by atoms with Gasteiger partial charge in [-0.2, -0.15) is 18.3 Å². The number of alkyl halides is 3. The number of aromatic nitrogens is 3. The third kappa shape index (κ3) is 5.87. The summed E-state index contributed by atoms with van der Waals surface area (Å²) in [5, 5.41) is 8.35. The zero-order valence-electron chi connectivity index (χ0n) is 24.4. The van der Waals surface area contributed by atoms with Crippen molar-refractivity contribution in [1.29, 1.82) is 0 Å². The Bertz CT molecular complexity index is 2090. The van der Waals surface area contributed by atoms with Gasteiger partial charge in [-0.25, -0.2) is 12.7 Å². The van der Waals surface area contributed by atoms with Crippen molar-refractivity contribution in [3.05, 3.63) is 112 Å². The highest BCUT2D eigenvalue weighted by atomic mass is 35.5. The number of anilines is 1. The first-order chi connectivity index (χ1) is 21.9. The normalized spacial score (nSPS) is 16.3. The van der Waals surface area contributed by atoms with Gasteiger partial charge < -0.3 is 9.47 Å². The fourth-order valence-corrected chi connectivity index (χ4v) is 7.19. The number of pyridine rings is 1. The number of sulfonamides is 1. The molecule has 0 amide bonds. The topological polar surface area (TPSA) is 104 Å². The highest BCUT2D eigenvalue weighted by molar-refractivity contribution is 7.92. The van der Waals surface area contributed by atoms with Gasteiger partial charge in [-0.1, -0.05) is 23.7 Å². The molecule has 6 rings (SSSR count). The Morgan fingerprint density at radius 1 is 1.00 bits per heavy atom. The van der Waals surface area contributed by atoms with Crippen LogP contribution in [0.3, 0.4) is 0 Å². The van der Waals surface area contributed by atoms with E-state index in [-0.39, 0.29) is 45.7 Å². The van der Waals surface area contributed by atoms with Gasteiger partial charge in [-0.05, 0) is 84.1 Å². The molecule has 2 aromatic heterocycles. The average Bonchev–Trinajstić information content (AvgIpc) is 3.86. The summed E-state index contributed by atoms with van der Waals surface area (Å²) in [7, 11) is -1.34. The zero-order chi connectivity index (χ0) is 32.8. The van der Waals surface area contributed by atoms with Crippen molar-refractivity contribution in [1.82, 2.24) is 14.8 Å². The summed E-state index contributed by atoms with van der Waals surface area (Å²) in [5.41, 5.74) is 1.00. The van der Waals surface area contributed by atoms with Gasteiger partial charge in [0.25, 0.3) is 15.6 Å². The molecule has 14 heteroatoms. The van der Waals surface area contributed by atoms with E-state index < -0.39 is 33.6 Å². The standard InChI is InChI=1S/C32H26ClF3N4O5S/c1-44-21-8-5-19(6-9-21)18-39(30-4-3-13-37-38-30)46(42,43)22-10-11-27-20(14-22)7-12-31(41)40(27)28-17-26(33)24(16-29(28)45-2)23-15-25(23)32(34,35)36/h3-14,16-17,23,25H,15,18H2,1-2H3/t23-,25?/m1/s1. The van der Waals surface area contributed by atoms with Crippen LogP contribution in [0, 0.1) is 5.92 Å². The molecule has 3 aromatic carbocycles. The van der Waals surface area contributed by atoms with E-state index in [9.17, 15) is 26.4 Å². The van der Waals surface area contributed by atoms with Crippen molar-refractivity contribution in [2.75, 3.05) is 18.5 Å². The molecule has 0 bridgehead atoms. The first kappa shape index (κ1) is 31.4. The molecule has 5 aromatic rings. The summed E-state index contributed by atoms with van der Waals surface area (Å²) >= 11 is 6.48. The van der Waals surface area contributed by atoms with Gasteiger partial charge in [0.15, 0.2) is 5.82 Å². The van der Waals surface area contributed by atoms with Gasteiger partial charge in [-0.15, -0.1) is 5.10 Å². The minimum Gasteiger partial charge on any atom is -0.497 e. The molecule has 2 heterocycles. The number of methoxy groups -OCH3 is 2. The lowest BCUT2D eigenvalue weighted by atomic mass is 10.1. The van der Waals surface area contributed by atoms with Crippen LogP contribution in [0.25, 0.3) is 16.6 Å². The first-order valence-electron chi connectivity index (χ1n) is 14.0. The van der Waals surface area contributed by atoms with Gasteiger partial charge in [0.05, 0.1) is 42.8 Å². The fourth-order valence-electron chi connectivity index (χ4n) is 5.45. The number of fused-ring (bicyclic) bond motifs is 1. The smallest absolute Gasteiger partial charge is 0.392 e. The number of hydrogen-bond acceptors (Lipinski definition) is 7. The van der Waals surface area contributed by atoms with Crippen LogP contribution in [-0.2, 0) is 16.6 Å². The number of ether oxygens (including phenoxy) is 2. The maximum absolute atomic E-state index is 14.1. The summed E-state index contributed by atoms with van der Waals surface area (Å²) in [6.07, 6.45) is -2.99. The van der Waals surface area contributed by atoms with Gasteiger partial charge in [0.2, 0.25) is 0 Å². The summed E-state index contributed by atoms with van der Waals surface area (Å²) in [5.74, 6) is -1.43. The van der Waals surface area contributed by atoms with E-state index in [1.54, 1.807) is 30.3 Å². The molecule has 1 aliphatic carbocycles. The third-order valence-electron chi connectivity index (χ3n) is 7.90. The second-order valence-corrected chi connectivity index (χ2v) is 13.0. The van der Waals surface area contributed by atoms with E-state index in [4.69, 9.17) is 21.1 Å². The molecule has 0 radical (unpaired) electrons. The minimum atomic E-state index is -4.35. The number of benzene rings is 3. The quantitative estimate of drug-likeness (QED) is 0.176. The van der Waals surface area contributed by atoms with Crippen LogP contribution in [0.5, 0.6) is 11.5 Å². The molecule has 0 spiro atoms. The molecule has 46 heavy (non-hydrogen) atoms. The van der Waals surface area contributed by atoms with Crippen LogP contribution >= 0.6 is 11.6 Å². The second kappa shape index (κ2) is 12.0. The average molecular weight is 671 g/mol. The molecule has 0 saturated heterocycles. The van der Waals surface area contributed by atoms with Crippen LogP contribution in [0.1, 0.15) is 23.5 Å².